The molecule has 1 heterocycles. The number of aliphatic hydroxyl groups is 2. The Morgan fingerprint density at radius 1 is 0.517 bits per heavy atom. The predicted octanol–water partition coefficient (Wildman–Crippen LogP) is -12.5. The molecule has 34 heteroatoms. The first-order chi connectivity index (χ1) is 41.8. The minimum Gasteiger partial charge on any atom is -0.550 e. The number of amides is 12. The average molecular weight is 1270 g/mol. The van der Waals surface area contributed by atoms with Crippen LogP contribution in [0.3, 0.4) is 0 Å². The van der Waals surface area contributed by atoms with Crippen molar-refractivity contribution in [2.75, 3.05) is 32.7 Å². The zero-order valence-corrected chi connectivity index (χ0v) is 52.0. The number of nitrogens with zero attached hydrogens (tertiary/aromatic N) is 1. The normalized spacial score (nSPS) is 16.8. The molecule has 0 saturated carbocycles. The van der Waals surface area contributed by atoms with Crippen LogP contribution in [0.5, 0.6) is 0 Å². The fraction of sp³-hybridized carbons (Fsp3) is 0.709. The summed E-state index contributed by atoms with van der Waals surface area (Å²) in [5.74, 6) is -14.5. The minimum atomic E-state index is -1.88. The van der Waals surface area contributed by atoms with E-state index in [9.17, 15) is 87.5 Å². The molecule has 504 valence electrons. The van der Waals surface area contributed by atoms with Crippen LogP contribution < -0.4 is 92.0 Å². The molecule has 1 rings (SSSR count). The number of nitrogens with two attached hydrogens (primary N) is 1. The van der Waals surface area contributed by atoms with Gasteiger partial charge >= 0.3 is 0 Å². The van der Waals surface area contributed by atoms with Gasteiger partial charge in [0.05, 0.1) is 50.4 Å². The minimum absolute atomic E-state index is 0.0114. The van der Waals surface area contributed by atoms with Crippen molar-refractivity contribution in [3.05, 3.63) is 12.2 Å². The Balaban J connectivity index is 3.45. The highest BCUT2D eigenvalue weighted by Gasteiger charge is 2.38. The van der Waals surface area contributed by atoms with Crippen LogP contribution in [0.1, 0.15) is 131 Å². The number of unbranched alkanes of at least 4 members (excludes halogenated alkanes) is 3. The summed E-state index contributed by atoms with van der Waals surface area (Å²) in [6.07, 6.45) is -0.313. The summed E-state index contributed by atoms with van der Waals surface area (Å²) in [6.45, 7) is 9.54. The second-order valence-corrected chi connectivity index (χ2v) is 22.5. The number of carboxylic acid groups (broad SMARTS) is 2. The third kappa shape index (κ3) is 29.8. The molecule has 1 aliphatic heterocycles. The number of quaternary nitrogens is 4. The molecule has 13 atom stereocenters. The molecule has 0 bridgehead atoms. The molecule has 0 aromatic rings. The lowest BCUT2D eigenvalue weighted by Gasteiger charge is -2.29. The van der Waals surface area contributed by atoms with Gasteiger partial charge in [-0.05, 0) is 117 Å². The quantitative estimate of drug-likeness (QED) is 0.0199. The molecule has 0 radical (unpaired) electrons. The van der Waals surface area contributed by atoms with Crippen molar-refractivity contribution < 1.29 is 110 Å². The Kier molecular flexibility index (Phi) is 36.7. The van der Waals surface area contributed by atoms with Gasteiger partial charge in [-0.2, -0.15) is 0 Å². The molecule has 0 aromatic carbocycles. The first-order valence-electron chi connectivity index (χ1n) is 30.0. The van der Waals surface area contributed by atoms with Crippen molar-refractivity contribution in [2.45, 2.75) is 210 Å². The van der Waals surface area contributed by atoms with Gasteiger partial charge in [-0.15, -0.1) is 0 Å². The Bertz CT molecular complexity index is 2450. The van der Waals surface area contributed by atoms with Gasteiger partial charge in [0, 0.05) is 18.9 Å². The van der Waals surface area contributed by atoms with E-state index in [-0.39, 0.29) is 44.6 Å². The molecule has 34 nitrogen and oxygen atoms in total. The topological polar surface area (TPSA) is 586 Å². The van der Waals surface area contributed by atoms with Crippen molar-refractivity contribution in [3.63, 3.8) is 0 Å². The van der Waals surface area contributed by atoms with Gasteiger partial charge in [-0.25, -0.2) is 0 Å². The standard InChI is InChI=1S/C55H96N16O18/c1-28(2)26-38(51(84)65-35(16-9-12-24-58)50(83)69-44(32(6)73)54(87)66-36(19-21-42(76)77)49(82)67-37(55(88)89)18-20-40(60)74)68-48(81)34(15-8-11-23-57)64-47(80)33(14-7-10-22-56)63-46(79)30(4)62-53(86)43(31(5)72)70-52(85)39-17-13-25-71(39)41(75)27-61-45(78)29(3)59/h13,17,28-39,43-44,72-73H,7-12,14-16,18-27,56-59H2,1-6H3,(H2,60,74)(H,61,78)(H,62,86)(H,63,79)(H,64,80)(H,65,84)(H,66,87)(H,67,82)(H,68,81)(H,69,83)(H,70,85)(H,76,77)(H,88,89)/p+2/t29-,30-,31+,32+,33-,34-,35-,36-,37-,38-,39-,43-,44-/m0/s1. The summed E-state index contributed by atoms with van der Waals surface area (Å²) in [7, 11) is 0. The van der Waals surface area contributed by atoms with Crippen LogP contribution in [0.25, 0.3) is 0 Å². The Hall–Kier alpha value is -7.92. The van der Waals surface area contributed by atoms with Gasteiger partial charge in [0.15, 0.2) is 6.04 Å². The fourth-order valence-corrected chi connectivity index (χ4v) is 8.92. The summed E-state index contributed by atoms with van der Waals surface area (Å²) < 4.78 is 0. The van der Waals surface area contributed by atoms with Crippen molar-refractivity contribution in [1.29, 1.82) is 0 Å². The lowest BCUT2D eigenvalue weighted by molar-refractivity contribution is -0.398. The highest BCUT2D eigenvalue weighted by atomic mass is 16.4. The van der Waals surface area contributed by atoms with E-state index >= 15 is 0 Å². The number of hydrogen-bond donors (Lipinski definition) is 17. The number of rotatable bonds is 44. The van der Waals surface area contributed by atoms with Gasteiger partial charge < -0.3 is 117 Å². The highest BCUT2D eigenvalue weighted by molar-refractivity contribution is 5.99. The second kappa shape index (κ2) is 41.3. The molecule has 0 aliphatic carbocycles. The van der Waals surface area contributed by atoms with Crippen LogP contribution in [0, 0.1) is 5.92 Å². The fourth-order valence-electron chi connectivity index (χ4n) is 8.92. The van der Waals surface area contributed by atoms with Gasteiger partial charge in [0.2, 0.25) is 65.0 Å². The summed E-state index contributed by atoms with van der Waals surface area (Å²) >= 11 is 0. The largest absolute Gasteiger partial charge is 0.550 e. The Labute approximate surface area is 516 Å². The third-order valence-corrected chi connectivity index (χ3v) is 14.1. The van der Waals surface area contributed by atoms with E-state index in [4.69, 9.17) is 5.73 Å². The summed E-state index contributed by atoms with van der Waals surface area (Å²) in [5.41, 5.74) is 20.2. The number of aliphatic hydroxyl groups excluding tert-OH is 2. The maximum absolute atomic E-state index is 14.4. The van der Waals surface area contributed by atoms with Crippen LogP contribution in [-0.2, 0) is 67.1 Å². The van der Waals surface area contributed by atoms with E-state index in [1.165, 1.54) is 32.9 Å². The number of hydrogen-bond acceptors (Lipinski definition) is 18. The number of carboxylic acids is 2. The number of carbonyl (C=O) groups is 14. The smallest absolute Gasteiger partial charge is 0.278 e. The molecule has 1 aliphatic rings. The molecule has 0 aromatic heterocycles. The van der Waals surface area contributed by atoms with Crippen LogP contribution in [0.4, 0.5) is 0 Å². The van der Waals surface area contributed by atoms with Crippen molar-refractivity contribution in [3.8, 4) is 0 Å². The Morgan fingerprint density at radius 2 is 0.921 bits per heavy atom. The summed E-state index contributed by atoms with van der Waals surface area (Å²) in [6, 6.07) is -15.8. The van der Waals surface area contributed by atoms with Gasteiger partial charge in [0.1, 0.15) is 54.4 Å². The molecule has 89 heavy (non-hydrogen) atoms. The zero-order chi connectivity index (χ0) is 67.7. The maximum Gasteiger partial charge on any atom is 0.278 e. The molecule has 0 fully saturated rings. The molecule has 0 spiro atoms. The van der Waals surface area contributed by atoms with Gasteiger partial charge in [-0.1, -0.05) is 26.0 Å². The second-order valence-electron chi connectivity index (χ2n) is 22.5. The van der Waals surface area contributed by atoms with E-state index in [0.717, 1.165) is 11.8 Å². The molecule has 0 unspecified atom stereocenters. The van der Waals surface area contributed by atoms with Gasteiger partial charge in [0.25, 0.3) is 5.91 Å². The first-order valence-corrected chi connectivity index (χ1v) is 30.0. The van der Waals surface area contributed by atoms with Crippen LogP contribution in [0.2, 0.25) is 0 Å². The first kappa shape index (κ1) is 79.1. The maximum atomic E-state index is 14.4. The molecular formula is C55H98N16O18+2. The van der Waals surface area contributed by atoms with E-state index in [2.05, 4.69) is 70.8 Å². The van der Waals surface area contributed by atoms with Crippen LogP contribution in [0.15, 0.2) is 12.2 Å². The molecular weight excluding hydrogens is 1170 g/mol. The van der Waals surface area contributed by atoms with E-state index in [1.54, 1.807) is 13.8 Å². The third-order valence-electron chi connectivity index (χ3n) is 14.1. The SMILES string of the molecule is CC(C)C[C@H](NC(=O)[C@H](CCCC[NH3+])NC(=O)[C@H](CCCC[NH3+])NC(=O)[C@H](C)NC(=O)[C@@H](NC(=O)[C@@H]1C=CCN1C(=O)CNC(=O)[C@H](C)[NH3+])[C@@H](C)O)C(=O)N[C@@H](CCCC[NH3+])C(=O)N[C@H](C(=O)N[C@@H](CCC(=O)[O-])C(=O)N[C@@H](CCC(N)=O)C(=O)[O-])[C@@H](C)O. The van der Waals surface area contributed by atoms with Crippen LogP contribution in [-0.4, -0.2) is 209 Å². The number of aliphatic carboxylic acids is 2. The number of carbonyl (C=O) groups excluding carboxylic acids is 14. The van der Waals surface area contributed by atoms with Crippen LogP contribution >= 0.6 is 0 Å². The van der Waals surface area contributed by atoms with Crippen molar-refractivity contribution in [1.82, 2.24) is 58.1 Å². The van der Waals surface area contributed by atoms with E-state index < -0.39 is 194 Å². The number of nitrogens with one attached hydrogen (secondary N) is 10. The van der Waals surface area contributed by atoms with E-state index in [1.807, 2.05) is 5.32 Å². The van der Waals surface area contributed by atoms with E-state index in [0.29, 0.717) is 51.7 Å². The molecule has 0 saturated heterocycles. The monoisotopic (exact) mass is 1270 g/mol. The lowest BCUT2D eigenvalue weighted by Crippen LogP contribution is -2.66. The van der Waals surface area contributed by atoms with Crippen molar-refractivity contribution >= 4 is 82.8 Å². The number of primary amides is 1. The summed E-state index contributed by atoms with van der Waals surface area (Å²) in [4.78, 5) is 185. The highest BCUT2D eigenvalue weighted by Crippen LogP contribution is 2.14. The summed E-state index contributed by atoms with van der Waals surface area (Å²) in [5, 5.41) is 69.0. The molecule has 12 amide bonds. The van der Waals surface area contributed by atoms with Crippen molar-refractivity contribution in [2.24, 2.45) is 11.7 Å². The lowest BCUT2D eigenvalue weighted by atomic mass is 10.00. The molecule has 26 N–H and O–H groups in total. The van der Waals surface area contributed by atoms with Gasteiger partial charge in [-0.3, -0.25) is 57.5 Å². The average Bonchev–Trinajstić information content (AvgIpc) is 4.25. The zero-order valence-electron chi connectivity index (χ0n) is 52.0. The Morgan fingerprint density at radius 3 is 1.36 bits per heavy atom. The predicted molar refractivity (Wildman–Crippen MR) is 308 cm³/mol.